The van der Waals surface area contributed by atoms with Gasteiger partial charge in [0.05, 0.1) is 17.9 Å². The Morgan fingerprint density at radius 2 is 2.36 bits per heavy atom. The molecule has 1 N–H and O–H groups in total. The quantitative estimate of drug-likeness (QED) is 0.770. The van der Waals surface area contributed by atoms with Crippen molar-refractivity contribution in [2.24, 2.45) is 0 Å². The van der Waals surface area contributed by atoms with Crippen LogP contribution in [-0.2, 0) is 4.79 Å². The van der Waals surface area contributed by atoms with Gasteiger partial charge in [-0.15, -0.1) is 0 Å². The SMILES string of the molecule is CCN1C(=O)CNc2ccc(Cl)cc21. The van der Waals surface area contributed by atoms with E-state index < -0.39 is 0 Å². The molecule has 1 aliphatic rings. The molecule has 3 nitrogen and oxygen atoms in total. The maximum absolute atomic E-state index is 11.5. The smallest absolute Gasteiger partial charge is 0.246 e. The van der Waals surface area contributed by atoms with Gasteiger partial charge in [0.25, 0.3) is 0 Å². The molecule has 1 aliphatic heterocycles. The molecular formula is C10H11ClN2O. The molecule has 74 valence electrons. The molecule has 0 spiro atoms. The van der Waals surface area contributed by atoms with Crippen LogP contribution in [0.1, 0.15) is 6.92 Å². The summed E-state index contributed by atoms with van der Waals surface area (Å²) in [6.45, 7) is 2.99. The maximum Gasteiger partial charge on any atom is 0.246 e. The van der Waals surface area contributed by atoms with Crippen molar-refractivity contribution in [3.8, 4) is 0 Å². The van der Waals surface area contributed by atoms with Crippen LogP contribution in [-0.4, -0.2) is 19.0 Å². The average Bonchev–Trinajstić information content (AvgIpc) is 2.17. The Morgan fingerprint density at radius 3 is 3.07 bits per heavy atom. The summed E-state index contributed by atoms with van der Waals surface area (Å²) in [7, 11) is 0. The van der Waals surface area contributed by atoms with Crippen LogP contribution in [0.3, 0.4) is 0 Å². The third-order valence-electron chi connectivity index (χ3n) is 2.30. The molecule has 0 unspecified atom stereocenters. The second-order valence-corrected chi connectivity index (χ2v) is 3.59. The highest BCUT2D eigenvalue weighted by molar-refractivity contribution is 6.31. The molecule has 0 saturated carbocycles. The van der Waals surface area contributed by atoms with Crippen molar-refractivity contribution >= 4 is 28.9 Å². The second-order valence-electron chi connectivity index (χ2n) is 3.15. The summed E-state index contributed by atoms with van der Waals surface area (Å²) in [4.78, 5) is 13.3. The zero-order chi connectivity index (χ0) is 10.1. The predicted molar refractivity (Wildman–Crippen MR) is 58.0 cm³/mol. The molecular weight excluding hydrogens is 200 g/mol. The zero-order valence-corrected chi connectivity index (χ0v) is 8.64. The van der Waals surface area contributed by atoms with Gasteiger partial charge in [-0.3, -0.25) is 4.79 Å². The highest BCUT2D eigenvalue weighted by Gasteiger charge is 2.22. The van der Waals surface area contributed by atoms with Crippen molar-refractivity contribution in [1.82, 2.24) is 0 Å². The van der Waals surface area contributed by atoms with Gasteiger partial charge in [0.2, 0.25) is 5.91 Å². The molecule has 1 aromatic carbocycles. The number of nitrogens with zero attached hydrogens (tertiary/aromatic N) is 1. The number of likely N-dealkylation sites (N-methyl/N-ethyl adjacent to an activating group) is 1. The van der Waals surface area contributed by atoms with Crippen molar-refractivity contribution in [3.05, 3.63) is 23.2 Å². The number of amides is 1. The number of rotatable bonds is 1. The molecule has 14 heavy (non-hydrogen) atoms. The minimum absolute atomic E-state index is 0.0854. The van der Waals surface area contributed by atoms with E-state index in [1.165, 1.54) is 0 Å². The third kappa shape index (κ3) is 1.44. The minimum atomic E-state index is 0.0854. The van der Waals surface area contributed by atoms with Crippen LogP contribution in [0.25, 0.3) is 0 Å². The van der Waals surface area contributed by atoms with Crippen LogP contribution in [0.4, 0.5) is 11.4 Å². The lowest BCUT2D eigenvalue weighted by molar-refractivity contribution is -0.117. The van der Waals surface area contributed by atoms with Crippen molar-refractivity contribution < 1.29 is 4.79 Å². The lowest BCUT2D eigenvalue weighted by atomic mass is 10.2. The fraction of sp³-hybridized carbons (Fsp3) is 0.300. The maximum atomic E-state index is 11.5. The molecule has 4 heteroatoms. The van der Waals surface area contributed by atoms with E-state index in [2.05, 4.69) is 5.32 Å². The van der Waals surface area contributed by atoms with Gasteiger partial charge in [-0.05, 0) is 25.1 Å². The van der Waals surface area contributed by atoms with Crippen LogP contribution < -0.4 is 10.2 Å². The zero-order valence-electron chi connectivity index (χ0n) is 7.88. The van der Waals surface area contributed by atoms with E-state index in [0.717, 1.165) is 11.4 Å². The third-order valence-corrected chi connectivity index (χ3v) is 2.53. The summed E-state index contributed by atoms with van der Waals surface area (Å²) < 4.78 is 0. The predicted octanol–water partition coefficient (Wildman–Crippen LogP) is 2.12. The van der Waals surface area contributed by atoms with Crippen molar-refractivity contribution in [1.29, 1.82) is 0 Å². The summed E-state index contributed by atoms with van der Waals surface area (Å²) >= 11 is 5.88. The molecule has 0 aromatic heterocycles. The monoisotopic (exact) mass is 210 g/mol. The van der Waals surface area contributed by atoms with E-state index in [9.17, 15) is 4.79 Å². The van der Waals surface area contributed by atoms with Gasteiger partial charge >= 0.3 is 0 Å². The summed E-state index contributed by atoms with van der Waals surface area (Å²) in [5, 5.41) is 3.71. The number of fused-ring (bicyclic) bond motifs is 1. The lowest BCUT2D eigenvalue weighted by Gasteiger charge is -2.29. The Balaban J connectivity index is 2.49. The Kier molecular flexibility index (Phi) is 2.33. The van der Waals surface area contributed by atoms with Gasteiger partial charge in [-0.1, -0.05) is 11.6 Å². The molecule has 2 rings (SSSR count). The van der Waals surface area contributed by atoms with E-state index in [0.29, 0.717) is 18.1 Å². The number of nitrogens with one attached hydrogen (secondary N) is 1. The van der Waals surface area contributed by atoms with Crippen LogP contribution in [0.15, 0.2) is 18.2 Å². The summed E-state index contributed by atoms with van der Waals surface area (Å²) in [6, 6.07) is 5.52. The van der Waals surface area contributed by atoms with Gasteiger partial charge in [0, 0.05) is 11.6 Å². The average molecular weight is 211 g/mol. The molecule has 0 saturated heterocycles. The molecule has 0 radical (unpaired) electrons. The normalized spacial score (nSPS) is 15.0. The molecule has 1 aromatic rings. The molecule has 1 heterocycles. The summed E-state index contributed by atoms with van der Waals surface area (Å²) in [5.74, 6) is 0.0854. The Hall–Kier alpha value is -1.22. The minimum Gasteiger partial charge on any atom is -0.374 e. The van der Waals surface area contributed by atoms with E-state index in [4.69, 9.17) is 11.6 Å². The topological polar surface area (TPSA) is 32.3 Å². The first-order valence-corrected chi connectivity index (χ1v) is 4.94. The summed E-state index contributed by atoms with van der Waals surface area (Å²) in [5.41, 5.74) is 1.84. The number of hydrogen-bond donors (Lipinski definition) is 1. The van der Waals surface area contributed by atoms with E-state index in [1.54, 1.807) is 4.90 Å². The highest BCUT2D eigenvalue weighted by Crippen LogP contribution is 2.31. The number of hydrogen-bond acceptors (Lipinski definition) is 2. The Bertz CT molecular complexity index is 378. The molecule has 0 bridgehead atoms. The number of halogens is 1. The molecule has 1 amide bonds. The van der Waals surface area contributed by atoms with Crippen molar-refractivity contribution in [2.45, 2.75) is 6.92 Å². The van der Waals surface area contributed by atoms with Crippen LogP contribution in [0.2, 0.25) is 5.02 Å². The van der Waals surface area contributed by atoms with Crippen molar-refractivity contribution in [3.63, 3.8) is 0 Å². The lowest BCUT2D eigenvalue weighted by Crippen LogP contribution is -2.39. The number of carbonyl (C=O) groups excluding carboxylic acids is 1. The first-order chi connectivity index (χ1) is 6.72. The highest BCUT2D eigenvalue weighted by atomic mass is 35.5. The number of benzene rings is 1. The second kappa shape index (κ2) is 3.50. The van der Waals surface area contributed by atoms with E-state index in [-0.39, 0.29) is 5.91 Å². The van der Waals surface area contributed by atoms with E-state index in [1.807, 2.05) is 25.1 Å². The van der Waals surface area contributed by atoms with Gasteiger partial charge in [-0.2, -0.15) is 0 Å². The fourth-order valence-corrected chi connectivity index (χ4v) is 1.79. The molecule has 0 fully saturated rings. The Morgan fingerprint density at radius 1 is 1.57 bits per heavy atom. The molecule has 0 aliphatic carbocycles. The van der Waals surface area contributed by atoms with Crippen molar-refractivity contribution in [2.75, 3.05) is 23.3 Å². The Labute approximate surface area is 87.7 Å². The first-order valence-electron chi connectivity index (χ1n) is 4.56. The van der Waals surface area contributed by atoms with Crippen LogP contribution in [0.5, 0.6) is 0 Å². The summed E-state index contributed by atoms with van der Waals surface area (Å²) in [6.07, 6.45) is 0. The van der Waals surface area contributed by atoms with Gasteiger partial charge < -0.3 is 10.2 Å². The van der Waals surface area contributed by atoms with Crippen LogP contribution in [0, 0.1) is 0 Å². The fourth-order valence-electron chi connectivity index (χ4n) is 1.62. The standard InChI is InChI=1S/C10H11ClN2O/c1-2-13-9-5-7(11)3-4-8(9)12-6-10(13)14/h3-5,12H,2,6H2,1H3. The van der Waals surface area contributed by atoms with Gasteiger partial charge in [0.1, 0.15) is 0 Å². The first kappa shape index (κ1) is 9.34. The number of carbonyl (C=O) groups is 1. The van der Waals surface area contributed by atoms with Gasteiger partial charge in [-0.25, -0.2) is 0 Å². The largest absolute Gasteiger partial charge is 0.374 e. The van der Waals surface area contributed by atoms with E-state index >= 15 is 0 Å². The number of anilines is 2. The van der Waals surface area contributed by atoms with Crippen LogP contribution >= 0.6 is 11.6 Å². The molecule has 0 atom stereocenters. The van der Waals surface area contributed by atoms with Gasteiger partial charge in [0.15, 0.2) is 0 Å².